The van der Waals surface area contributed by atoms with E-state index in [1.165, 1.54) is 15.7 Å². The molecule has 3 heteroatoms. The Morgan fingerprint density at radius 2 is 1.44 bits per heavy atom. The van der Waals surface area contributed by atoms with Gasteiger partial charge in [-0.1, -0.05) is 0 Å². The molecule has 0 bridgehead atoms. The molecule has 0 N–H and O–H groups in total. The average molecular weight is 308 g/mol. The summed E-state index contributed by atoms with van der Waals surface area (Å²) in [5.74, 6) is 0. The molecule has 16 heavy (non-hydrogen) atoms. The fourth-order valence-corrected chi connectivity index (χ4v) is 8.47. The Kier molecular flexibility index (Phi) is 5.40. The number of hydrogen-bond donors (Lipinski definition) is 0. The third-order valence-corrected chi connectivity index (χ3v) is 9.61. The first-order chi connectivity index (χ1) is 7.95. The van der Waals surface area contributed by atoms with Crippen LogP contribution in [0.5, 0.6) is 0 Å². The van der Waals surface area contributed by atoms with Gasteiger partial charge in [-0.2, -0.15) is 0 Å². The van der Waals surface area contributed by atoms with E-state index < -0.39 is 0 Å². The SMILES string of the molecule is c1ccc(C[AsH]SSc2ccccc2)cc1. The number of hydrogen-bond acceptors (Lipinski definition) is 2. The minimum atomic E-state index is 0.0696. The van der Waals surface area contributed by atoms with Crippen molar-refractivity contribution in [2.75, 3.05) is 0 Å². The molecule has 0 aliphatic carbocycles. The van der Waals surface area contributed by atoms with Crippen molar-refractivity contribution < 1.29 is 0 Å². The molecular weight excluding hydrogens is 295 g/mol. The van der Waals surface area contributed by atoms with Crippen LogP contribution in [0, 0.1) is 0 Å². The standard InChI is InChI=1S/C13H13AsS2/c1-3-7-12(8-4-1)11-14-16-15-13-9-5-2-6-10-13/h1-10,14H,11H2. The molecule has 0 heterocycles. The van der Waals surface area contributed by atoms with E-state index in [1.54, 1.807) is 0 Å². The third-order valence-electron chi connectivity index (χ3n) is 2.06. The van der Waals surface area contributed by atoms with Gasteiger partial charge in [0.05, 0.1) is 0 Å². The summed E-state index contributed by atoms with van der Waals surface area (Å²) < 4.78 is 0. The van der Waals surface area contributed by atoms with Crippen molar-refractivity contribution in [1.82, 2.24) is 0 Å². The van der Waals surface area contributed by atoms with Gasteiger partial charge < -0.3 is 0 Å². The Morgan fingerprint density at radius 1 is 0.812 bits per heavy atom. The van der Waals surface area contributed by atoms with Gasteiger partial charge in [0, 0.05) is 0 Å². The van der Waals surface area contributed by atoms with E-state index in [-0.39, 0.29) is 14.6 Å². The van der Waals surface area contributed by atoms with Gasteiger partial charge in [0.15, 0.2) is 0 Å². The van der Waals surface area contributed by atoms with Crippen molar-refractivity contribution in [3.05, 3.63) is 66.2 Å². The zero-order chi connectivity index (χ0) is 11.1. The Morgan fingerprint density at radius 3 is 2.12 bits per heavy atom. The Bertz CT molecular complexity index is 361. The topological polar surface area (TPSA) is 0 Å². The first-order valence-corrected chi connectivity index (χ1v) is 11.3. The molecule has 0 aliphatic rings. The molecule has 0 saturated carbocycles. The van der Waals surface area contributed by atoms with E-state index in [4.69, 9.17) is 0 Å². The van der Waals surface area contributed by atoms with Gasteiger partial charge in [0.25, 0.3) is 0 Å². The molecule has 2 aromatic carbocycles. The second-order valence-electron chi connectivity index (χ2n) is 3.29. The number of benzene rings is 2. The molecule has 2 rings (SSSR count). The van der Waals surface area contributed by atoms with Crippen LogP contribution in [-0.4, -0.2) is 14.6 Å². The van der Waals surface area contributed by atoms with Gasteiger partial charge in [0.2, 0.25) is 0 Å². The average Bonchev–Trinajstić information content (AvgIpc) is 2.37. The first kappa shape index (κ1) is 12.2. The summed E-state index contributed by atoms with van der Waals surface area (Å²) >= 11 is 0.0696. The molecule has 0 fully saturated rings. The summed E-state index contributed by atoms with van der Waals surface area (Å²) in [6.45, 7) is 0. The molecule has 2 aromatic rings. The van der Waals surface area contributed by atoms with Crippen LogP contribution in [0.15, 0.2) is 65.6 Å². The zero-order valence-corrected chi connectivity index (χ0v) is 12.5. The van der Waals surface area contributed by atoms with Crippen molar-refractivity contribution in [2.45, 2.75) is 10.1 Å². The Hall–Kier alpha value is -0.302. The maximum atomic E-state index is 2.22. The van der Waals surface area contributed by atoms with Gasteiger partial charge in [-0.3, -0.25) is 0 Å². The predicted octanol–water partition coefficient (Wildman–Crippen LogP) is 3.98. The van der Waals surface area contributed by atoms with E-state index in [0.29, 0.717) is 0 Å². The van der Waals surface area contributed by atoms with E-state index in [1.807, 2.05) is 19.9 Å². The van der Waals surface area contributed by atoms with E-state index in [2.05, 4.69) is 60.7 Å². The van der Waals surface area contributed by atoms with Crippen molar-refractivity contribution in [3.63, 3.8) is 0 Å². The summed E-state index contributed by atoms with van der Waals surface area (Å²) in [6.07, 6.45) is 0. The summed E-state index contributed by atoms with van der Waals surface area (Å²) in [4.78, 5) is 1.37. The van der Waals surface area contributed by atoms with Gasteiger partial charge in [-0.05, 0) is 0 Å². The first-order valence-electron chi connectivity index (χ1n) is 5.10. The molecule has 1 atom stereocenters. The Labute approximate surface area is 110 Å². The van der Waals surface area contributed by atoms with E-state index in [9.17, 15) is 0 Å². The van der Waals surface area contributed by atoms with Crippen LogP contribution in [0.25, 0.3) is 0 Å². The van der Waals surface area contributed by atoms with Gasteiger partial charge >= 0.3 is 111 Å². The van der Waals surface area contributed by atoms with Gasteiger partial charge in [-0.25, -0.2) is 0 Å². The van der Waals surface area contributed by atoms with Crippen LogP contribution in [0.3, 0.4) is 0 Å². The maximum absolute atomic E-state index is 2.22. The van der Waals surface area contributed by atoms with Crippen molar-refractivity contribution >= 4 is 34.4 Å². The van der Waals surface area contributed by atoms with Crippen molar-refractivity contribution in [1.29, 1.82) is 0 Å². The molecule has 82 valence electrons. The minimum absolute atomic E-state index is 0.0696. The molecule has 0 aromatic heterocycles. The molecule has 0 amide bonds. The van der Waals surface area contributed by atoms with Crippen LogP contribution >= 0.6 is 19.9 Å². The monoisotopic (exact) mass is 308 g/mol. The molecule has 0 radical (unpaired) electrons. The van der Waals surface area contributed by atoms with Crippen molar-refractivity contribution in [3.8, 4) is 0 Å². The predicted molar refractivity (Wildman–Crippen MR) is 77.2 cm³/mol. The van der Waals surface area contributed by atoms with Crippen LogP contribution in [0.2, 0.25) is 0 Å². The molecule has 0 spiro atoms. The van der Waals surface area contributed by atoms with Crippen LogP contribution in [0.4, 0.5) is 0 Å². The summed E-state index contributed by atoms with van der Waals surface area (Å²) in [5.41, 5.74) is 1.48. The summed E-state index contributed by atoms with van der Waals surface area (Å²) in [7, 11) is 3.95. The molecule has 0 saturated heterocycles. The van der Waals surface area contributed by atoms with Crippen molar-refractivity contribution in [2.24, 2.45) is 0 Å². The van der Waals surface area contributed by atoms with E-state index >= 15 is 0 Å². The molecule has 0 nitrogen and oxygen atoms in total. The fraction of sp³-hybridized carbons (Fsp3) is 0.0769. The molecular formula is C13H13AsS2. The summed E-state index contributed by atoms with van der Waals surface area (Å²) in [5, 5.41) is 1.27. The van der Waals surface area contributed by atoms with E-state index in [0.717, 1.165) is 0 Å². The van der Waals surface area contributed by atoms with Crippen LogP contribution < -0.4 is 0 Å². The summed E-state index contributed by atoms with van der Waals surface area (Å²) in [6, 6.07) is 21.4. The normalized spacial score (nSPS) is 11.0. The number of rotatable bonds is 5. The van der Waals surface area contributed by atoms with Gasteiger partial charge in [0.1, 0.15) is 0 Å². The second-order valence-corrected chi connectivity index (χ2v) is 11.1. The molecule has 1 unspecified atom stereocenters. The Balaban J connectivity index is 1.70. The quantitative estimate of drug-likeness (QED) is 0.465. The molecule has 0 aliphatic heterocycles. The van der Waals surface area contributed by atoms with Gasteiger partial charge in [-0.15, -0.1) is 0 Å². The fourth-order valence-electron chi connectivity index (χ4n) is 1.26. The zero-order valence-electron chi connectivity index (χ0n) is 8.80. The second kappa shape index (κ2) is 7.11. The van der Waals surface area contributed by atoms with Crippen LogP contribution in [-0.2, 0) is 5.21 Å². The third kappa shape index (κ3) is 4.29. The van der Waals surface area contributed by atoms with Crippen LogP contribution in [0.1, 0.15) is 5.56 Å².